The van der Waals surface area contributed by atoms with E-state index >= 15 is 0 Å². The number of para-hydroxylation sites is 1. The number of hydrogen-bond donors (Lipinski definition) is 0. The number of benzene rings is 1. The molecule has 2 heteroatoms. The van der Waals surface area contributed by atoms with Gasteiger partial charge in [0.05, 0.1) is 10.5 Å². The summed E-state index contributed by atoms with van der Waals surface area (Å²) in [6.07, 6.45) is 2.05. The van der Waals surface area contributed by atoms with Crippen molar-refractivity contribution in [3.05, 3.63) is 47.6 Å². The van der Waals surface area contributed by atoms with E-state index in [1.54, 1.807) is 0 Å². The van der Waals surface area contributed by atoms with Gasteiger partial charge in [-0.25, -0.2) is 0 Å². The Morgan fingerprint density at radius 2 is 2.21 bits per heavy atom. The first kappa shape index (κ1) is 9.35. The fourth-order valence-electron chi connectivity index (χ4n) is 1.64. The van der Waals surface area contributed by atoms with E-state index < -0.39 is 0 Å². The number of nitrogens with zero attached hydrogens (tertiary/aromatic N) is 1. The van der Waals surface area contributed by atoms with Crippen LogP contribution in [0.4, 0.5) is 0 Å². The molecule has 0 fully saturated rings. The van der Waals surface area contributed by atoms with Gasteiger partial charge < -0.3 is 4.57 Å². The maximum absolute atomic E-state index is 6.14. The molecule has 0 aliphatic carbocycles. The van der Waals surface area contributed by atoms with Crippen molar-refractivity contribution in [1.29, 1.82) is 0 Å². The highest BCUT2D eigenvalue weighted by molar-refractivity contribution is 6.35. The molecule has 1 aromatic carbocycles. The smallest absolute Gasteiger partial charge is 0.0672 e. The largest absolute Gasteiger partial charge is 0.342 e. The lowest BCUT2D eigenvalue weighted by atomic mass is 10.2. The second kappa shape index (κ2) is 3.50. The molecule has 1 nitrogen and oxygen atoms in total. The van der Waals surface area contributed by atoms with Crippen molar-refractivity contribution >= 4 is 22.5 Å². The van der Waals surface area contributed by atoms with E-state index in [1.165, 1.54) is 5.39 Å². The third kappa shape index (κ3) is 1.55. The number of rotatable bonds is 2. The van der Waals surface area contributed by atoms with Crippen LogP contribution in [-0.4, -0.2) is 4.57 Å². The molecule has 1 aromatic heterocycles. The minimum Gasteiger partial charge on any atom is -0.342 e. The second-order valence-corrected chi connectivity index (χ2v) is 3.99. The predicted molar refractivity (Wildman–Crippen MR) is 61.8 cm³/mol. The van der Waals surface area contributed by atoms with Crippen LogP contribution in [0.5, 0.6) is 0 Å². The molecule has 0 radical (unpaired) electrons. The molecule has 0 N–H and O–H groups in total. The standard InChI is InChI=1S/C12H12ClN/c1-9(2)8-14-7-6-10-4-3-5-11(13)12(10)14/h3-7H,1,8H2,2H3. The molecule has 0 saturated carbocycles. The lowest BCUT2D eigenvalue weighted by Gasteiger charge is -2.05. The molecule has 0 aliphatic heterocycles. The van der Waals surface area contributed by atoms with E-state index in [4.69, 9.17) is 11.6 Å². The van der Waals surface area contributed by atoms with Crippen LogP contribution >= 0.6 is 11.6 Å². The third-order valence-electron chi connectivity index (χ3n) is 2.18. The van der Waals surface area contributed by atoms with Crippen LogP contribution in [0.15, 0.2) is 42.6 Å². The molecule has 0 spiro atoms. The van der Waals surface area contributed by atoms with Gasteiger partial charge in [0.15, 0.2) is 0 Å². The Labute approximate surface area is 88.6 Å². The SMILES string of the molecule is C=C(C)Cn1ccc2cccc(Cl)c21. The van der Waals surface area contributed by atoms with Crippen LogP contribution in [0.25, 0.3) is 10.9 Å². The zero-order valence-corrected chi connectivity index (χ0v) is 8.88. The monoisotopic (exact) mass is 205 g/mol. The summed E-state index contributed by atoms with van der Waals surface area (Å²) in [7, 11) is 0. The first-order valence-corrected chi connectivity index (χ1v) is 4.94. The summed E-state index contributed by atoms with van der Waals surface area (Å²) in [6, 6.07) is 8.02. The Morgan fingerprint density at radius 1 is 1.43 bits per heavy atom. The summed E-state index contributed by atoms with van der Waals surface area (Å²) in [6.45, 7) is 6.75. The average molecular weight is 206 g/mol. The molecule has 0 amide bonds. The van der Waals surface area contributed by atoms with Crippen molar-refractivity contribution < 1.29 is 0 Å². The van der Waals surface area contributed by atoms with Gasteiger partial charge in [-0.3, -0.25) is 0 Å². The summed E-state index contributed by atoms with van der Waals surface area (Å²) < 4.78 is 2.12. The van der Waals surface area contributed by atoms with E-state index in [9.17, 15) is 0 Å². The van der Waals surface area contributed by atoms with Gasteiger partial charge in [0, 0.05) is 18.1 Å². The summed E-state index contributed by atoms with van der Waals surface area (Å²) in [5.74, 6) is 0. The van der Waals surface area contributed by atoms with Crippen LogP contribution in [0.2, 0.25) is 5.02 Å². The second-order valence-electron chi connectivity index (χ2n) is 3.58. The first-order chi connectivity index (χ1) is 6.68. The summed E-state index contributed by atoms with van der Waals surface area (Å²) >= 11 is 6.14. The van der Waals surface area contributed by atoms with E-state index in [0.717, 1.165) is 22.7 Å². The number of hydrogen-bond acceptors (Lipinski definition) is 0. The summed E-state index contributed by atoms with van der Waals surface area (Å²) in [5, 5.41) is 1.98. The van der Waals surface area contributed by atoms with Crippen molar-refractivity contribution in [2.24, 2.45) is 0 Å². The van der Waals surface area contributed by atoms with Crippen LogP contribution in [-0.2, 0) is 6.54 Å². The fraction of sp³-hybridized carbons (Fsp3) is 0.167. The molecule has 72 valence electrons. The van der Waals surface area contributed by atoms with Crippen molar-refractivity contribution in [3.8, 4) is 0 Å². The molecule has 1 heterocycles. The predicted octanol–water partition coefficient (Wildman–Crippen LogP) is 3.87. The average Bonchev–Trinajstić information content (AvgIpc) is 2.49. The maximum atomic E-state index is 6.14. The summed E-state index contributed by atoms with van der Waals surface area (Å²) in [5.41, 5.74) is 2.22. The quantitative estimate of drug-likeness (QED) is 0.656. The molecule has 2 aromatic rings. The van der Waals surface area contributed by atoms with Gasteiger partial charge >= 0.3 is 0 Å². The van der Waals surface area contributed by atoms with E-state index in [2.05, 4.69) is 23.3 Å². The minimum atomic E-state index is 0.800. The zero-order chi connectivity index (χ0) is 10.1. The van der Waals surface area contributed by atoms with E-state index in [0.29, 0.717) is 0 Å². The summed E-state index contributed by atoms with van der Waals surface area (Å²) in [4.78, 5) is 0. The molecule has 0 atom stereocenters. The van der Waals surface area contributed by atoms with Gasteiger partial charge in [-0.05, 0) is 19.1 Å². The third-order valence-corrected chi connectivity index (χ3v) is 2.48. The Morgan fingerprint density at radius 3 is 2.93 bits per heavy atom. The van der Waals surface area contributed by atoms with E-state index in [1.807, 2.05) is 25.3 Å². The number of fused-ring (bicyclic) bond motifs is 1. The van der Waals surface area contributed by atoms with Crippen LogP contribution in [0.1, 0.15) is 6.92 Å². The Bertz CT molecular complexity index is 482. The molecular formula is C12H12ClN. The normalized spacial score (nSPS) is 10.7. The Kier molecular flexibility index (Phi) is 2.34. The van der Waals surface area contributed by atoms with Crippen LogP contribution in [0.3, 0.4) is 0 Å². The molecule has 0 aliphatic rings. The van der Waals surface area contributed by atoms with Gasteiger partial charge in [-0.1, -0.05) is 35.9 Å². The van der Waals surface area contributed by atoms with Crippen molar-refractivity contribution in [2.75, 3.05) is 0 Å². The molecule has 14 heavy (non-hydrogen) atoms. The van der Waals surface area contributed by atoms with Gasteiger partial charge in [0.2, 0.25) is 0 Å². The van der Waals surface area contributed by atoms with Crippen LogP contribution in [0, 0.1) is 0 Å². The number of aromatic nitrogens is 1. The number of allylic oxidation sites excluding steroid dienone is 1. The first-order valence-electron chi connectivity index (χ1n) is 4.56. The maximum Gasteiger partial charge on any atom is 0.0672 e. The molecule has 0 bridgehead atoms. The van der Waals surface area contributed by atoms with E-state index in [-0.39, 0.29) is 0 Å². The lowest BCUT2D eigenvalue weighted by Crippen LogP contribution is -1.96. The molecule has 0 unspecified atom stereocenters. The molecule has 2 rings (SSSR count). The topological polar surface area (TPSA) is 4.93 Å². The van der Waals surface area contributed by atoms with Crippen molar-refractivity contribution in [1.82, 2.24) is 4.57 Å². The molecule has 0 saturated heterocycles. The fourth-order valence-corrected chi connectivity index (χ4v) is 1.93. The highest BCUT2D eigenvalue weighted by Crippen LogP contribution is 2.24. The van der Waals surface area contributed by atoms with Gasteiger partial charge in [0.25, 0.3) is 0 Å². The minimum absolute atomic E-state index is 0.800. The van der Waals surface area contributed by atoms with Crippen molar-refractivity contribution in [2.45, 2.75) is 13.5 Å². The number of halogens is 1. The van der Waals surface area contributed by atoms with Crippen molar-refractivity contribution in [3.63, 3.8) is 0 Å². The highest BCUT2D eigenvalue weighted by atomic mass is 35.5. The van der Waals surface area contributed by atoms with Crippen LogP contribution < -0.4 is 0 Å². The lowest BCUT2D eigenvalue weighted by molar-refractivity contribution is 0.822. The highest BCUT2D eigenvalue weighted by Gasteiger charge is 2.03. The molecular weight excluding hydrogens is 194 g/mol. The Hall–Kier alpha value is -1.21. The van der Waals surface area contributed by atoms with Gasteiger partial charge in [-0.2, -0.15) is 0 Å². The zero-order valence-electron chi connectivity index (χ0n) is 8.13. The van der Waals surface area contributed by atoms with Gasteiger partial charge in [0.1, 0.15) is 0 Å². The van der Waals surface area contributed by atoms with Gasteiger partial charge in [-0.15, -0.1) is 0 Å². The Balaban J connectivity index is 2.61.